The fourth-order valence-corrected chi connectivity index (χ4v) is 4.55. The molecule has 2 amide bonds. The first kappa shape index (κ1) is 24.2. The van der Waals surface area contributed by atoms with Crippen LogP contribution in [-0.2, 0) is 0 Å². The zero-order chi connectivity index (χ0) is 24.3. The molecule has 1 saturated heterocycles. The maximum Gasteiger partial charge on any atom is 0.324 e. The third-order valence-electron chi connectivity index (χ3n) is 7.00. The van der Waals surface area contributed by atoms with Gasteiger partial charge in [0.25, 0.3) is 0 Å². The second kappa shape index (κ2) is 10.2. The van der Waals surface area contributed by atoms with Crippen LogP contribution in [-0.4, -0.2) is 41.7 Å². The van der Waals surface area contributed by atoms with E-state index in [2.05, 4.69) is 23.5 Å². The molecule has 2 aromatic rings. The summed E-state index contributed by atoms with van der Waals surface area (Å²) in [4.78, 5) is 14.5. The van der Waals surface area contributed by atoms with Crippen molar-refractivity contribution in [2.75, 3.05) is 25.0 Å². The molecule has 8 heteroatoms. The second-order valence-corrected chi connectivity index (χ2v) is 9.65. The Balaban J connectivity index is 1.31. The molecule has 0 radical (unpaired) electrons. The maximum absolute atomic E-state index is 13.4. The van der Waals surface area contributed by atoms with Crippen LogP contribution in [0, 0.1) is 25.7 Å². The predicted molar refractivity (Wildman–Crippen MR) is 127 cm³/mol. The van der Waals surface area contributed by atoms with E-state index in [1.54, 1.807) is 4.90 Å². The Labute approximate surface area is 199 Å². The van der Waals surface area contributed by atoms with Gasteiger partial charge < -0.3 is 14.2 Å². The van der Waals surface area contributed by atoms with Gasteiger partial charge in [-0.2, -0.15) is 0 Å². The molecule has 1 aromatic carbocycles. The summed E-state index contributed by atoms with van der Waals surface area (Å²) in [5.41, 5.74) is 3.92. The minimum absolute atomic E-state index is 0.0439. The number of amides is 2. The van der Waals surface area contributed by atoms with Gasteiger partial charge in [-0.3, -0.25) is 5.32 Å². The van der Waals surface area contributed by atoms with E-state index in [1.807, 2.05) is 38.1 Å². The van der Waals surface area contributed by atoms with Gasteiger partial charge in [-0.15, -0.1) is 0 Å². The Bertz CT molecular complexity index is 1040. The molecule has 1 aromatic heterocycles. The zero-order valence-corrected chi connectivity index (χ0v) is 20.1. The number of aromatic nitrogens is 1. The number of hydrogen-bond acceptors (Lipinski definition) is 4. The van der Waals surface area contributed by atoms with E-state index in [0.717, 1.165) is 29.0 Å². The number of rotatable bonds is 5. The molecular weight excluding hydrogens is 440 g/mol. The quantitative estimate of drug-likeness (QED) is 0.542. The summed E-state index contributed by atoms with van der Waals surface area (Å²) in [6.07, 6.45) is 3.87. The second-order valence-electron chi connectivity index (χ2n) is 9.65. The van der Waals surface area contributed by atoms with Crippen LogP contribution in [0.15, 0.2) is 34.4 Å². The maximum atomic E-state index is 13.4. The number of ether oxygens (including phenoxy) is 1. The lowest BCUT2D eigenvalue weighted by Gasteiger charge is -2.33. The fraction of sp³-hybridized carbons (Fsp3) is 0.538. The number of piperidine rings is 1. The molecule has 2 heterocycles. The standard InChI is InChI=1S/C26H33F2N3O3/c1-17-15-31(25(32)29-24-18(2)19(3)30-34-24)12-9-22(17)13-21-5-4-6-23(14-21)33-16-20-7-10-26(27,28)11-8-20/h4-6,13-14,17,20H,7-12,15-16H2,1-3H3,(H,29,32)/b22-13+. The van der Waals surface area contributed by atoms with Crippen molar-refractivity contribution in [2.45, 2.75) is 58.8 Å². The van der Waals surface area contributed by atoms with Crippen LogP contribution in [0.4, 0.5) is 19.5 Å². The highest BCUT2D eigenvalue weighted by Crippen LogP contribution is 2.36. The molecule has 6 nitrogen and oxygen atoms in total. The van der Waals surface area contributed by atoms with E-state index >= 15 is 0 Å². The van der Waals surface area contributed by atoms with Crippen molar-refractivity contribution in [2.24, 2.45) is 11.8 Å². The Hall–Kier alpha value is -2.90. The number of nitrogens with one attached hydrogen (secondary N) is 1. The van der Waals surface area contributed by atoms with Crippen LogP contribution in [0.2, 0.25) is 0 Å². The first-order valence-corrected chi connectivity index (χ1v) is 12.0. The molecule has 1 saturated carbocycles. The number of alkyl halides is 2. The Morgan fingerprint density at radius 3 is 2.76 bits per heavy atom. The van der Waals surface area contributed by atoms with Crippen LogP contribution in [0.3, 0.4) is 0 Å². The molecule has 2 fully saturated rings. The van der Waals surface area contributed by atoms with E-state index in [0.29, 0.717) is 38.4 Å². The molecule has 1 aliphatic carbocycles. The van der Waals surface area contributed by atoms with E-state index in [4.69, 9.17) is 9.26 Å². The van der Waals surface area contributed by atoms with Gasteiger partial charge in [-0.05, 0) is 62.6 Å². The van der Waals surface area contributed by atoms with Gasteiger partial charge in [0.05, 0.1) is 12.3 Å². The van der Waals surface area contributed by atoms with Crippen molar-refractivity contribution >= 4 is 18.0 Å². The van der Waals surface area contributed by atoms with Crippen molar-refractivity contribution < 1.29 is 22.8 Å². The first-order chi connectivity index (χ1) is 16.2. The minimum atomic E-state index is -2.51. The molecule has 2 aliphatic rings. The first-order valence-electron chi connectivity index (χ1n) is 12.0. The number of aryl methyl sites for hydroxylation is 1. The molecule has 0 spiro atoms. The SMILES string of the molecule is Cc1noc(NC(=O)N2CC/C(=C\c3cccc(OCC4CCC(F)(F)CC4)c3)C(C)C2)c1C. The third-order valence-corrected chi connectivity index (χ3v) is 7.00. The highest BCUT2D eigenvalue weighted by atomic mass is 19.3. The predicted octanol–water partition coefficient (Wildman–Crippen LogP) is 6.45. The van der Waals surface area contributed by atoms with Crippen molar-refractivity contribution in [3.8, 4) is 5.75 Å². The van der Waals surface area contributed by atoms with Crippen LogP contribution >= 0.6 is 0 Å². The average molecular weight is 474 g/mol. The zero-order valence-electron chi connectivity index (χ0n) is 20.1. The van der Waals surface area contributed by atoms with Crippen molar-refractivity contribution in [3.63, 3.8) is 0 Å². The van der Waals surface area contributed by atoms with Crippen molar-refractivity contribution in [3.05, 3.63) is 46.7 Å². The van der Waals surface area contributed by atoms with E-state index < -0.39 is 5.92 Å². The normalized spacial score (nSPS) is 22.1. The summed E-state index contributed by atoms with van der Waals surface area (Å²) in [5, 5.41) is 6.70. The largest absolute Gasteiger partial charge is 0.493 e. The Kier molecular flexibility index (Phi) is 7.24. The van der Waals surface area contributed by atoms with Gasteiger partial charge in [0.1, 0.15) is 5.75 Å². The molecule has 4 rings (SSSR count). The third kappa shape index (κ3) is 5.96. The summed E-state index contributed by atoms with van der Waals surface area (Å²) in [6, 6.07) is 7.70. The van der Waals surface area contributed by atoms with Gasteiger partial charge >= 0.3 is 6.03 Å². The molecular formula is C26H33F2N3O3. The molecule has 0 bridgehead atoms. The molecule has 1 aliphatic heterocycles. The fourth-order valence-electron chi connectivity index (χ4n) is 4.55. The number of nitrogens with zero attached hydrogens (tertiary/aromatic N) is 2. The van der Waals surface area contributed by atoms with E-state index in [1.165, 1.54) is 5.57 Å². The molecule has 1 unspecified atom stereocenters. The number of benzene rings is 1. The molecule has 1 atom stereocenters. The molecule has 1 N–H and O–H groups in total. The number of likely N-dealkylation sites (tertiary alicyclic amines) is 1. The van der Waals surface area contributed by atoms with Crippen LogP contribution in [0.1, 0.15) is 55.8 Å². The van der Waals surface area contributed by atoms with Gasteiger partial charge in [0, 0.05) is 31.5 Å². The number of carbonyl (C=O) groups excluding carboxylic acids is 1. The summed E-state index contributed by atoms with van der Waals surface area (Å²) in [5.74, 6) is -0.958. The highest BCUT2D eigenvalue weighted by Gasteiger charge is 2.35. The lowest BCUT2D eigenvalue weighted by Crippen LogP contribution is -2.42. The number of carbonyl (C=O) groups is 1. The summed E-state index contributed by atoms with van der Waals surface area (Å²) < 4.78 is 37.8. The average Bonchev–Trinajstić information content (AvgIpc) is 3.12. The minimum Gasteiger partial charge on any atom is -0.493 e. The van der Waals surface area contributed by atoms with Crippen LogP contribution < -0.4 is 10.1 Å². The van der Waals surface area contributed by atoms with Gasteiger partial charge in [0.2, 0.25) is 11.8 Å². The van der Waals surface area contributed by atoms with Crippen molar-refractivity contribution in [1.29, 1.82) is 0 Å². The lowest BCUT2D eigenvalue weighted by molar-refractivity contribution is -0.0498. The van der Waals surface area contributed by atoms with Gasteiger partial charge in [0.15, 0.2) is 0 Å². The topological polar surface area (TPSA) is 67.6 Å². The lowest BCUT2D eigenvalue weighted by atomic mass is 9.87. The van der Waals surface area contributed by atoms with Crippen LogP contribution in [0.5, 0.6) is 5.75 Å². The Morgan fingerprint density at radius 2 is 2.09 bits per heavy atom. The molecule has 184 valence electrons. The number of halogens is 2. The van der Waals surface area contributed by atoms with Crippen LogP contribution in [0.25, 0.3) is 6.08 Å². The number of anilines is 1. The molecule has 34 heavy (non-hydrogen) atoms. The van der Waals surface area contributed by atoms with E-state index in [-0.39, 0.29) is 30.7 Å². The summed E-state index contributed by atoms with van der Waals surface area (Å²) in [7, 11) is 0. The Morgan fingerprint density at radius 1 is 1.32 bits per heavy atom. The van der Waals surface area contributed by atoms with Gasteiger partial charge in [-0.25, -0.2) is 13.6 Å². The monoisotopic (exact) mass is 473 g/mol. The van der Waals surface area contributed by atoms with Crippen molar-refractivity contribution in [1.82, 2.24) is 10.1 Å². The summed E-state index contributed by atoms with van der Waals surface area (Å²) >= 11 is 0. The number of urea groups is 1. The van der Waals surface area contributed by atoms with E-state index in [9.17, 15) is 13.6 Å². The van der Waals surface area contributed by atoms with Gasteiger partial charge in [-0.1, -0.05) is 35.9 Å². The highest BCUT2D eigenvalue weighted by molar-refractivity contribution is 5.88. The number of hydrogen-bond donors (Lipinski definition) is 1. The summed E-state index contributed by atoms with van der Waals surface area (Å²) in [6.45, 7) is 7.54. The smallest absolute Gasteiger partial charge is 0.324 e.